The first kappa shape index (κ1) is 39.9. The highest BCUT2D eigenvalue weighted by molar-refractivity contribution is 6.33. The summed E-state index contributed by atoms with van der Waals surface area (Å²) in [5, 5.41) is 8.53. The van der Waals surface area contributed by atoms with E-state index in [0.717, 1.165) is 30.4 Å². The minimum Gasteiger partial charge on any atom is -0.493 e. The van der Waals surface area contributed by atoms with E-state index in [1.165, 1.54) is 19.2 Å². The maximum Gasteiger partial charge on any atom is 0.272 e. The van der Waals surface area contributed by atoms with Gasteiger partial charge in [0.25, 0.3) is 17.7 Å². The predicted molar refractivity (Wildman–Crippen MR) is 222 cm³/mol. The van der Waals surface area contributed by atoms with Crippen molar-refractivity contribution < 1.29 is 38.2 Å². The Morgan fingerprint density at radius 2 is 1.47 bits per heavy atom. The number of methoxy groups -OCH3 is 1. The minimum atomic E-state index is -0.640. The fourth-order valence-electron chi connectivity index (χ4n) is 7.15. The Labute approximate surface area is 340 Å². The van der Waals surface area contributed by atoms with Gasteiger partial charge >= 0.3 is 0 Å². The highest BCUT2D eigenvalue weighted by atomic mass is 16.5. The molecular weight excluding hydrogens is 755 g/mol. The Morgan fingerprint density at radius 3 is 2.17 bits per heavy atom. The van der Waals surface area contributed by atoms with E-state index in [1.807, 2.05) is 29.4 Å². The lowest BCUT2D eigenvalue weighted by Gasteiger charge is -2.32. The molecule has 0 bridgehead atoms. The number of carbonyl (C=O) groups is 6. The van der Waals surface area contributed by atoms with Crippen molar-refractivity contribution in [1.29, 1.82) is 0 Å². The molecule has 7 rings (SSSR count). The number of rotatable bonds is 14. The average molecular weight is 798 g/mol. The van der Waals surface area contributed by atoms with Crippen molar-refractivity contribution in [3.05, 3.63) is 108 Å². The molecule has 2 aliphatic heterocycles. The van der Waals surface area contributed by atoms with Crippen LogP contribution in [0.25, 0.3) is 11.1 Å². The second-order valence-electron chi connectivity index (χ2n) is 14.4. The van der Waals surface area contributed by atoms with Gasteiger partial charge < -0.3 is 39.5 Å². The van der Waals surface area contributed by atoms with Crippen molar-refractivity contribution in [2.45, 2.75) is 38.1 Å². The van der Waals surface area contributed by atoms with Gasteiger partial charge in [0.15, 0.2) is 17.8 Å². The van der Waals surface area contributed by atoms with Crippen LogP contribution in [0.1, 0.15) is 73.8 Å². The van der Waals surface area contributed by atoms with Crippen LogP contribution in [0.2, 0.25) is 0 Å². The molecule has 4 heterocycles. The smallest absolute Gasteiger partial charge is 0.272 e. The number of ketones is 1. The number of aromatic nitrogens is 2. The van der Waals surface area contributed by atoms with Crippen LogP contribution in [0.15, 0.2) is 90.2 Å². The zero-order valence-corrected chi connectivity index (χ0v) is 32.8. The number of aliphatic imine (C=N–C) groups is 1. The molecule has 4 amide bonds. The zero-order valence-electron chi connectivity index (χ0n) is 32.8. The maximum absolute atomic E-state index is 13.3. The molecule has 2 aromatic heterocycles. The number of amides is 4. The topological polar surface area (TPSA) is 182 Å². The third-order valence-corrected chi connectivity index (χ3v) is 10.3. The van der Waals surface area contributed by atoms with Gasteiger partial charge in [0.05, 0.1) is 36.7 Å². The summed E-state index contributed by atoms with van der Waals surface area (Å²) in [4.78, 5) is 81.1. The number of aldehydes is 1. The van der Waals surface area contributed by atoms with E-state index in [9.17, 15) is 28.8 Å². The maximum atomic E-state index is 13.3. The quantitative estimate of drug-likeness (QED) is 0.0497. The molecule has 0 saturated carbocycles. The summed E-state index contributed by atoms with van der Waals surface area (Å²) < 4.78 is 14.8. The van der Waals surface area contributed by atoms with Gasteiger partial charge in [-0.05, 0) is 85.8 Å². The number of nitrogens with one attached hydrogen (secondary N) is 3. The lowest BCUT2D eigenvalue weighted by molar-refractivity contribution is -0.116. The van der Waals surface area contributed by atoms with Crippen molar-refractivity contribution in [3.8, 4) is 22.6 Å². The van der Waals surface area contributed by atoms with Crippen LogP contribution in [0.5, 0.6) is 11.5 Å². The van der Waals surface area contributed by atoms with Gasteiger partial charge in [0, 0.05) is 74.2 Å². The normalized spacial score (nSPS) is 14.4. The van der Waals surface area contributed by atoms with Crippen LogP contribution in [-0.4, -0.2) is 82.3 Å². The predicted octanol–water partition coefficient (Wildman–Crippen LogP) is 6.43. The first-order valence-corrected chi connectivity index (χ1v) is 19.2. The highest BCUT2D eigenvalue weighted by Gasteiger charge is 2.31. The second kappa shape index (κ2) is 17.5. The average Bonchev–Trinajstić information content (AvgIpc) is 3.78. The Hall–Kier alpha value is -7.29. The number of ether oxygens (including phenoxy) is 2. The summed E-state index contributed by atoms with van der Waals surface area (Å²) in [6.45, 7) is 0.923. The summed E-state index contributed by atoms with van der Waals surface area (Å²) in [6, 6.07) is 19.9. The molecule has 2 aliphatic rings. The molecule has 5 aromatic rings. The Bertz CT molecular complexity index is 2470. The van der Waals surface area contributed by atoms with Crippen LogP contribution in [-0.2, 0) is 23.7 Å². The van der Waals surface area contributed by atoms with E-state index >= 15 is 0 Å². The zero-order chi connectivity index (χ0) is 41.6. The number of Topliss-reactive ketones (excluding diaryl/α,β-unsaturated/α-hetero) is 1. The first-order valence-electron chi connectivity index (χ1n) is 19.2. The molecule has 1 fully saturated rings. The minimum absolute atomic E-state index is 0.0165. The van der Waals surface area contributed by atoms with Crippen molar-refractivity contribution >= 4 is 64.7 Å². The van der Waals surface area contributed by atoms with Crippen LogP contribution >= 0.6 is 0 Å². The number of piperidine rings is 1. The summed E-state index contributed by atoms with van der Waals surface area (Å²) in [5.41, 5.74) is 5.08. The molecule has 1 saturated heterocycles. The van der Waals surface area contributed by atoms with Crippen molar-refractivity contribution in [1.82, 2.24) is 14.0 Å². The van der Waals surface area contributed by atoms with Gasteiger partial charge in [-0.1, -0.05) is 12.1 Å². The molecular formula is C44H43N7O8. The summed E-state index contributed by atoms with van der Waals surface area (Å²) in [6.07, 6.45) is 9.03. The fraction of sp³-hybridized carbons (Fsp3) is 0.250. The molecule has 15 nitrogen and oxygen atoms in total. The first-order chi connectivity index (χ1) is 28.5. The molecule has 3 N–H and O–H groups in total. The van der Waals surface area contributed by atoms with Gasteiger partial charge in [0.2, 0.25) is 11.7 Å². The van der Waals surface area contributed by atoms with Gasteiger partial charge in [0.1, 0.15) is 11.4 Å². The lowest BCUT2D eigenvalue weighted by Crippen LogP contribution is -2.43. The van der Waals surface area contributed by atoms with E-state index in [1.54, 1.807) is 78.0 Å². The molecule has 302 valence electrons. The summed E-state index contributed by atoms with van der Waals surface area (Å²) in [7, 11) is 4.98. The van der Waals surface area contributed by atoms with E-state index in [4.69, 9.17) is 9.47 Å². The molecule has 0 aliphatic carbocycles. The van der Waals surface area contributed by atoms with Crippen LogP contribution in [0, 0.1) is 0 Å². The fourth-order valence-corrected chi connectivity index (χ4v) is 7.15. The van der Waals surface area contributed by atoms with Crippen LogP contribution in [0.4, 0.5) is 22.7 Å². The van der Waals surface area contributed by atoms with Crippen LogP contribution in [0.3, 0.4) is 0 Å². The molecule has 0 spiro atoms. The van der Waals surface area contributed by atoms with E-state index in [2.05, 4.69) is 20.9 Å². The Kier molecular flexibility index (Phi) is 11.8. The van der Waals surface area contributed by atoms with E-state index < -0.39 is 5.78 Å². The van der Waals surface area contributed by atoms with E-state index in [-0.39, 0.29) is 54.5 Å². The van der Waals surface area contributed by atoms with Crippen molar-refractivity contribution in [2.75, 3.05) is 36.2 Å². The molecule has 1 atom stereocenters. The molecule has 0 unspecified atom stereocenters. The molecule has 15 heteroatoms. The molecule has 59 heavy (non-hydrogen) atoms. The third kappa shape index (κ3) is 8.99. The second-order valence-corrected chi connectivity index (χ2v) is 14.4. The summed E-state index contributed by atoms with van der Waals surface area (Å²) in [5.74, 6) is -0.808. The lowest BCUT2D eigenvalue weighted by atomic mass is 10.0. The Morgan fingerprint density at radius 1 is 0.797 bits per heavy atom. The number of fused-ring (bicyclic) bond motifs is 2. The van der Waals surface area contributed by atoms with Gasteiger partial charge in [-0.25, -0.2) is 0 Å². The SMILES string of the molecule is COc1cc2c(cc1OCCCC(=O)Nc1cc(C(=O)Nc3ccc(-c4cc(C(=O)Nc5ccc(C(=O)C=O)cc5)n(C)c4)cc3)n(C)c1)N=C[C@@H]1CCCCN1C2=O. The van der Waals surface area contributed by atoms with Gasteiger partial charge in [-0.15, -0.1) is 0 Å². The largest absolute Gasteiger partial charge is 0.493 e. The van der Waals surface area contributed by atoms with Gasteiger partial charge in [-0.3, -0.25) is 33.8 Å². The number of carbonyl (C=O) groups excluding carboxylic acids is 6. The van der Waals surface area contributed by atoms with E-state index in [0.29, 0.717) is 64.2 Å². The number of anilines is 3. The number of hydrogen-bond donors (Lipinski definition) is 3. The standard InChI is InChI=1S/C44H43N7O8/c1-49-24-29(19-36(49)42(55)47-31-15-11-28(12-16-31)38(53)26-52)27-9-13-30(14-10-27)48-43(56)37-20-32(25-50(37)2)46-41(54)8-6-18-59-40-22-35-34(21-39(40)58-3)44(57)51-17-5-4-7-33(51)23-45-35/h9-16,19-26,33H,4-8,17-18H2,1-3H3,(H,46,54)(H,47,55)(H,48,56)/t33-/m0/s1. The molecule has 0 radical (unpaired) electrons. The third-order valence-electron chi connectivity index (χ3n) is 10.3. The van der Waals surface area contributed by atoms with Crippen LogP contribution < -0.4 is 25.4 Å². The Balaban J connectivity index is 0.895. The number of aryl methyl sites for hydroxylation is 2. The van der Waals surface area contributed by atoms with Gasteiger partial charge in [-0.2, -0.15) is 0 Å². The van der Waals surface area contributed by atoms with Crippen molar-refractivity contribution in [3.63, 3.8) is 0 Å². The summed E-state index contributed by atoms with van der Waals surface area (Å²) >= 11 is 0. The van der Waals surface area contributed by atoms with Crippen molar-refractivity contribution in [2.24, 2.45) is 19.1 Å². The number of benzene rings is 3. The number of hydrogen-bond acceptors (Lipinski definition) is 9. The number of nitrogens with zero attached hydrogens (tertiary/aromatic N) is 4. The monoisotopic (exact) mass is 797 g/mol. The molecule has 3 aromatic carbocycles. The highest BCUT2D eigenvalue weighted by Crippen LogP contribution is 2.38.